The van der Waals surface area contributed by atoms with Crippen molar-refractivity contribution in [1.29, 1.82) is 0 Å². The molecule has 0 radical (unpaired) electrons. The fourth-order valence-corrected chi connectivity index (χ4v) is 2.11. The molecule has 2 N–H and O–H groups in total. The number of amides is 2. The molecule has 0 aromatic heterocycles. The number of thiol groups is 1. The fraction of sp³-hybridized carbons (Fsp3) is 0.385. The predicted octanol–water partition coefficient (Wildman–Crippen LogP) is 1.73. The van der Waals surface area contributed by atoms with Crippen LogP contribution >= 0.6 is 24.2 Å². The minimum absolute atomic E-state index is 0.164. The first-order valence-corrected chi connectivity index (χ1v) is 7.04. The lowest BCUT2D eigenvalue weighted by atomic mass is 10.2. The van der Waals surface area contributed by atoms with Gasteiger partial charge in [0.05, 0.1) is 24.9 Å². The highest BCUT2D eigenvalue weighted by molar-refractivity contribution is 7.80. The molecule has 0 saturated heterocycles. The van der Waals surface area contributed by atoms with Crippen LogP contribution in [0.4, 0.5) is 5.69 Å². The summed E-state index contributed by atoms with van der Waals surface area (Å²) in [5.74, 6) is 0.255. The van der Waals surface area contributed by atoms with E-state index in [-0.39, 0.29) is 11.7 Å². The minimum Gasteiger partial charge on any atom is -0.495 e. The van der Waals surface area contributed by atoms with E-state index in [1.807, 2.05) is 0 Å². The fourth-order valence-electron chi connectivity index (χ4n) is 1.62. The Kier molecular flexibility index (Phi) is 6.64. The number of rotatable bonds is 6. The van der Waals surface area contributed by atoms with E-state index >= 15 is 0 Å². The van der Waals surface area contributed by atoms with Crippen molar-refractivity contribution in [3.8, 4) is 11.5 Å². The Bertz CT molecular complexity index is 539. The zero-order chi connectivity index (χ0) is 16.0. The SMILES string of the molecule is COc1cc(OC)c(NC(=O)C(CS)NC(C)=O)cc1Cl. The Morgan fingerprint density at radius 1 is 1.29 bits per heavy atom. The lowest BCUT2D eigenvalue weighted by Crippen LogP contribution is -2.44. The Labute approximate surface area is 133 Å². The van der Waals surface area contributed by atoms with Crippen LogP contribution in [-0.4, -0.2) is 37.8 Å². The molecule has 116 valence electrons. The summed E-state index contributed by atoms with van der Waals surface area (Å²) < 4.78 is 10.3. The summed E-state index contributed by atoms with van der Waals surface area (Å²) in [4.78, 5) is 23.2. The van der Waals surface area contributed by atoms with Gasteiger partial charge >= 0.3 is 0 Å². The highest BCUT2D eigenvalue weighted by Gasteiger charge is 2.20. The molecule has 6 nitrogen and oxygen atoms in total. The third-order valence-corrected chi connectivity index (χ3v) is 3.27. The van der Waals surface area contributed by atoms with Crippen LogP contribution in [0.1, 0.15) is 6.92 Å². The van der Waals surface area contributed by atoms with E-state index in [1.54, 1.807) is 6.07 Å². The third kappa shape index (κ3) is 4.71. The van der Waals surface area contributed by atoms with Crippen LogP contribution in [0, 0.1) is 0 Å². The number of anilines is 1. The van der Waals surface area contributed by atoms with Crippen molar-refractivity contribution >= 4 is 41.7 Å². The largest absolute Gasteiger partial charge is 0.495 e. The number of carbonyl (C=O) groups is 2. The second kappa shape index (κ2) is 7.99. The molecule has 0 heterocycles. The molecule has 8 heteroatoms. The molecule has 0 aliphatic rings. The van der Waals surface area contributed by atoms with Crippen molar-refractivity contribution in [1.82, 2.24) is 5.32 Å². The van der Waals surface area contributed by atoms with Gasteiger partial charge in [0, 0.05) is 18.7 Å². The first-order chi connectivity index (χ1) is 9.92. The van der Waals surface area contributed by atoms with Crippen molar-refractivity contribution in [2.24, 2.45) is 0 Å². The second-order valence-corrected chi connectivity index (χ2v) is 4.88. The molecule has 1 rings (SSSR count). The number of hydrogen-bond acceptors (Lipinski definition) is 5. The molecule has 0 saturated carbocycles. The van der Waals surface area contributed by atoms with Crippen LogP contribution in [-0.2, 0) is 9.59 Å². The van der Waals surface area contributed by atoms with Crippen LogP contribution < -0.4 is 20.1 Å². The molecule has 0 aliphatic heterocycles. The van der Waals surface area contributed by atoms with E-state index in [9.17, 15) is 9.59 Å². The maximum absolute atomic E-state index is 12.1. The smallest absolute Gasteiger partial charge is 0.247 e. The molecule has 2 amide bonds. The molecular weight excluding hydrogens is 316 g/mol. The Hall–Kier alpha value is -1.60. The summed E-state index contributed by atoms with van der Waals surface area (Å²) in [6, 6.07) is 2.32. The summed E-state index contributed by atoms with van der Waals surface area (Å²) in [6.45, 7) is 1.33. The molecule has 1 aromatic rings. The maximum Gasteiger partial charge on any atom is 0.247 e. The van der Waals surface area contributed by atoms with E-state index in [1.165, 1.54) is 27.2 Å². The summed E-state index contributed by atoms with van der Waals surface area (Å²) in [5, 5.41) is 5.47. The van der Waals surface area contributed by atoms with Crippen LogP contribution in [0.5, 0.6) is 11.5 Å². The van der Waals surface area contributed by atoms with E-state index in [0.29, 0.717) is 22.2 Å². The summed E-state index contributed by atoms with van der Waals surface area (Å²) in [6.07, 6.45) is 0. The standard InChI is InChI=1S/C13H17ClN2O4S/c1-7(17)15-10(6-21)13(18)16-9-4-8(14)11(19-2)5-12(9)20-3/h4-5,10,21H,6H2,1-3H3,(H,15,17)(H,16,18). The summed E-state index contributed by atoms with van der Waals surface area (Å²) in [7, 11) is 2.94. The number of methoxy groups -OCH3 is 2. The van der Waals surface area contributed by atoms with Gasteiger partial charge in [0.2, 0.25) is 11.8 Å². The van der Waals surface area contributed by atoms with Gasteiger partial charge in [0.25, 0.3) is 0 Å². The number of nitrogens with one attached hydrogen (secondary N) is 2. The van der Waals surface area contributed by atoms with E-state index < -0.39 is 11.9 Å². The quantitative estimate of drug-likeness (QED) is 0.693. The predicted molar refractivity (Wildman–Crippen MR) is 84.6 cm³/mol. The van der Waals surface area contributed by atoms with Gasteiger partial charge in [-0.2, -0.15) is 12.6 Å². The lowest BCUT2D eigenvalue weighted by molar-refractivity contribution is -0.124. The molecule has 1 unspecified atom stereocenters. The topological polar surface area (TPSA) is 76.7 Å². The van der Waals surface area contributed by atoms with Crippen LogP contribution in [0.3, 0.4) is 0 Å². The van der Waals surface area contributed by atoms with Gasteiger partial charge < -0.3 is 20.1 Å². The van der Waals surface area contributed by atoms with Gasteiger partial charge in [-0.3, -0.25) is 9.59 Å². The van der Waals surface area contributed by atoms with Crippen LogP contribution in [0.2, 0.25) is 5.02 Å². The molecular formula is C13H17ClN2O4S. The number of hydrogen-bond donors (Lipinski definition) is 3. The van der Waals surface area contributed by atoms with Gasteiger partial charge in [-0.25, -0.2) is 0 Å². The highest BCUT2D eigenvalue weighted by Crippen LogP contribution is 2.35. The van der Waals surface area contributed by atoms with Crippen molar-refractivity contribution < 1.29 is 19.1 Å². The molecule has 0 aliphatic carbocycles. The highest BCUT2D eigenvalue weighted by atomic mass is 35.5. The molecule has 0 bridgehead atoms. The van der Waals surface area contributed by atoms with E-state index in [0.717, 1.165) is 0 Å². The molecule has 21 heavy (non-hydrogen) atoms. The van der Waals surface area contributed by atoms with Gasteiger partial charge in [-0.1, -0.05) is 11.6 Å². The first-order valence-electron chi connectivity index (χ1n) is 6.03. The van der Waals surface area contributed by atoms with Gasteiger partial charge in [0.15, 0.2) is 0 Å². The molecule has 1 aromatic carbocycles. The van der Waals surface area contributed by atoms with Gasteiger partial charge in [-0.15, -0.1) is 0 Å². The van der Waals surface area contributed by atoms with E-state index in [4.69, 9.17) is 21.1 Å². The summed E-state index contributed by atoms with van der Waals surface area (Å²) in [5.41, 5.74) is 0.380. The molecule has 1 atom stereocenters. The van der Waals surface area contributed by atoms with Gasteiger partial charge in [-0.05, 0) is 6.07 Å². The number of halogens is 1. The second-order valence-electron chi connectivity index (χ2n) is 4.11. The number of benzene rings is 1. The van der Waals surface area contributed by atoms with Crippen molar-refractivity contribution in [3.05, 3.63) is 17.2 Å². The van der Waals surface area contributed by atoms with Crippen molar-refractivity contribution in [2.75, 3.05) is 25.3 Å². The van der Waals surface area contributed by atoms with Crippen molar-refractivity contribution in [2.45, 2.75) is 13.0 Å². The molecule has 0 spiro atoms. The Balaban J connectivity index is 2.98. The zero-order valence-corrected chi connectivity index (χ0v) is 13.5. The average molecular weight is 333 g/mol. The van der Waals surface area contributed by atoms with E-state index in [2.05, 4.69) is 23.3 Å². The zero-order valence-electron chi connectivity index (χ0n) is 11.9. The Morgan fingerprint density at radius 2 is 1.90 bits per heavy atom. The summed E-state index contributed by atoms with van der Waals surface area (Å²) >= 11 is 10.1. The van der Waals surface area contributed by atoms with Crippen molar-refractivity contribution in [3.63, 3.8) is 0 Å². The monoisotopic (exact) mass is 332 g/mol. The lowest BCUT2D eigenvalue weighted by Gasteiger charge is -2.17. The third-order valence-electron chi connectivity index (χ3n) is 2.61. The maximum atomic E-state index is 12.1. The number of ether oxygens (including phenoxy) is 2. The minimum atomic E-state index is -0.753. The van der Waals surface area contributed by atoms with Crippen LogP contribution in [0.25, 0.3) is 0 Å². The average Bonchev–Trinajstić information content (AvgIpc) is 2.44. The number of carbonyl (C=O) groups excluding carboxylic acids is 2. The molecule has 0 fully saturated rings. The van der Waals surface area contributed by atoms with Crippen LogP contribution in [0.15, 0.2) is 12.1 Å². The first kappa shape index (κ1) is 17.5. The normalized spacial score (nSPS) is 11.5. The van der Waals surface area contributed by atoms with Gasteiger partial charge in [0.1, 0.15) is 17.5 Å². The Morgan fingerprint density at radius 3 is 2.38 bits per heavy atom.